The summed E-state index contributed by atoms with van der Waals surface area (Å²) in [6.07, 6.45) is 6.13. The van der Waals surface area contributed by atoms with Gasteiger partial charge < -0.3 is 14.4 Å². The van der Waals surface area contributed by atoms with Crippen LogP contribution in [0.1, 0.15) is 34.8 Å². The number of likely N-dealkylation sites (tertiary alicyclic amines) is 1. The lowest BCUT2D eigenvalue weighted by molar-refractivity contribution is -0.0454. The zero-order valence-electron chi connectivity index (χ0n) is 14.2. The smallest absolute Gasteiger partial charge is 0.273 e. The molecule has 2 atom stereocenters. The summed E-state index contributed by atoms with van der Waals surface area (Å²) >= 11 is 1.51. The van der Waals surface area contributed by atoms with E-state index < -0.39 is 0 Å². The predicted molar refractivity (Wildman–Crippen MR) is 93.9 cm³/mol. The second kappa shape index (κ2) is 6.72. The summed E-state index contributed by atoms with van der Waals surface area (Å²) in [6.45, 7) is 3.83. The molecule has 25 heavy (non-hydrogen) atoms. The molecule has 1 spiro atoms. The molecule has 2 fully saturated rings. The Morgan fingerprint density at radius 2 is 2.44 bits per heavy atom. The Bertz CT molecular complexity index is 751. The third kappa shape index (κ3) is 3.52. The molecule has 0 unspecified atom stereocenters. The van der Waals surface area contributed by atoms with Gasteiger partial charge in [-0.15, -0.1) is 11.3 Å². The minimum Gasteiger partial charge on any atom is -0.486 e. The molecule has 6 nitrogen and oxygen atoms in total. The third-order valence-corrected chi connectivity index (χ3v) is 5.55. The molecule has 0 radical (unpaired) electrons. The van der Waals surface area contributed by atoms with Crippen molar-refractivity contribution in [3.63, 3.8) is 0 Å². The maximum Gasteiger partial charge on any atom is 0.273 e. The summed E-state index contributed by atoms with van der Waals surface area (Å²) in [4.78, 5) is 23.0. The molecule has 4 heterocycles. The van der Waals surface area contributed by atoms with Crippen molar-refractivity contribution < 1.29 is 14.3 Å². The van der Waals surface area contributed by atoms with Crippen LogP contribution in [-0.4, -0.2) is 52.2 Å². The van der Waals surface area contributed by atoms with E-state index in [4.69, 9.17) is 9.47 Å². The Hall–Kier alpha value is -1.99. The summed E-state index contributed by atoms with van der Waals surface area (Å²) in [6, 6.07) is 3.76. The van der Waals surface area contributed by atoms with Crippen LogP contribution in [0.4, 0.5) is 0 Å². The number of carbonyl (C=O) groups excluding carboxylic acids is 1. The molecule has 2 saturated heterocycles. The molecule has 7 heteroatoms. The van der Waals surface area contributed by atoms with E-state index >= 15 is 0 Å². The average molecular weight is 359 g/mol. The highest BCUT2D eigenvalue weighted by Crippen LogP contribution is 2.36. The van der Waals surface area contributed by atoms with Crippen molar-refractivity contribution >= 4 is 17.2 Å². The van der Waals surface area contributed by atoms with E-state index in [0.717, 1.165) is 36.6 Å². The number of pyridine rings is 1. The minimum atomic E-state index is -0.300. The first-order chi connectivity index (χ1) is 12.1. The van der Waals surface area contributed by atoms with Gasteiger partial charge in [0.2, 0.25) is 0 Å². The first kappa shape index (κ1) is 16.5. The second-order valence-corrected chi connectivity index (χ2v) is 7.77. The zero-order chi connectivity index (χ0) is 17.3. The quantitative estimate of drug-likeness (QED) is 0.843. The van der Waals surface area contributed by atoms with Gasteiger partial charge in [0.15, 0.2) is 0 Å². The molecule has 2 aromatic heterocycles. The van der Waals surface area contributed by atoms with Crippen LogP contribution >= 0.6 is 11.3 Å². The van der Waals surface area contributed by atoms with Gasteiger partial charge >= 0.3 is 0 Å². The summed E-state index contributed by atoms with van der Waals surface area (Å²) < 4.78 is 12.1. The van der Waals surface area contributed by atoms with Gasteiger partial charge in [0, 0.05) is 24.5 Å². The van der Waals surface area contributed by atoms with E-state index in [0.29, 0.717) is 18.8 Å². The number of thiazole rings is 1. The first-order valence-corrected chi connectivity index (χ1v) is 9.44. The molecular formula is C18H21N3O3S. The van der Waals surface area contributed by atoms with Crippen molar-refractivity contribution in [1.82, 2.24) is 14.9 Å². The van der Waals surface area contributed by atoms with Crippen LogP contribution < -0.4 is 4.74 Å². The van der Waals surface area contributed by atoms with E-state index in [2.05, 4.69) is 9.97 Å². The van der Waals surface area contributed by atoms with Crippen molar-refractivity contribution in [3.05, 3.63) is 40.6 Å². The number of piperidine rings is 1. The van der Waals surface area contributed by atoms with E-state index in [1.807, 2.05) is 29.3 Å². The van der Waals surface area contributed by atoms with Gasteiger partial charge in [-0.05, 0) is 31.9 Å². The number of hydrogen-bond acceptors (Lipinski definition) is 6. The van der Waals surface area contributed by atoms with Gasteiger partial charge in [0.25, 0.3) is 5.91 Å². The molecule has 0 aromatic carbocycles. The molecule has 0 saturated carbocycles. The Morgan fingerprint density at radius 3 is 3.20 bits per heavy atom. The first-order valence-electron chi connectivity index (χ1n) is 8.56. The Balaban J connectivity index is 1.41. The molecule has 2 aliphatic heterocycles. The summed E-state index contributed by atoms with van der Waals surface area (Å²) in [5.74, 6) is 0.762. The maximum atomic E-state index is 12.7. The summed E-state index contributed by atoms with van der Waals surface area (Å²) in [5, 5.41) is 2.75. The SMILES string of the molecule is Cc1nc(C(=O)N2CCC[C@]3(C[C@H](Oc4cccnc4)CO3)C2)cs1. The number of carbonyl (C=O) groups is 1. The van der Waals surface area contributed by atoms with E-state index in [1.165, 1.54) is 11.3 Å². The molecular weight excluding hydrogens is 338 g/mol. The molecule has 2 aromatic rings. The number of hydrogen-bond donors (Lipinski definition) is 0. The van der Waals surface area contributed by atoms with Crippen molar-refractivity contribution in [1.29, 1.82) is 0 Å². The van der Waals surface area contributed by atoms with E-state index in [9.17, 15) is 4.79 Å². The molecule has 0 N–H and O–H groups in total. The molecule has 1 amide bonds. The van der Waals surface area contributed by atoms with E-state index in [-0.39, 0.29) is 17.6 Å². The molecule has 0 bridgehead atoms. The topological polar surface area (TPSA) is 64.6 Å². The van der Waals surface area contributed by atoms with Gasteiger partial charge in [0.1, 0.15) is 17.5 Å². The van der Waals surface area contributed by atoms with Gasteiger partial charge in [-0.1, -0.05) is 0 Å². The summed E-state index contributed by atoms with van der Waals surface area (Å²) in [5.41, 5.74) is 0.243. The summed E-state index contributed by atoms with van der Waals surface area (Å²) in [7, 11) is 0. The Morgan fingerprint density at radius 1 is 1.52 bits per heavy atom. The standard InChI is InChI=1S/C18H21N3O3S/c1-13-20-16(11-25-13)17(22)21-7-3-5-18(12-21)8-15(10-23-18)24-14-4-2-6-19-9-14/h2,4,6,9,11,15H,3,5,7-8,10,12H2,1H3/t15-,18-/m0/s1. The van der Waals surface area contributed by atoms with Gasteiger partial charge in [-0.25, -0.2) is 4.98 Å². The van der Waals surface area contributed by atoms with Crippen molar-refractivity contribution in [3.8, 4) is 5.75 Å². The van der Waals surface area contributed by atoms with E-state index in [1.54, 1.807) is 12.4 Å². The Kier molecular flexibility index (Phi) is 4.43. The highest BCUT2D eigenvalue weighted by Gasteiger charge is 2.45. The van der Waals surface area contributed by atoms with Crippen LogP contribution in [0.2, 0.25) is 0 Å². The fourth-order valence-electron chi connectivity index (χ4n) is 3.67. The van der Waals surface area contributed by atoms with Gasteiger partial charge in [-0.2, -0.15) is 0 Å². The predicted octanol–water partition coefficient (Wildman–Crippen LogP) is 2.69. The average Bonchev–Trinajstić information content (AvgIpc) is 3.22. The molecule has 4 rings (SSSR count). The second-order valence-electron chi connectivity index (χ2n) is 6.71. The lowest BCUT2D eigenvalue weighted by Gasteiger charge is -2.39. The lowest BCUT2D eigenvalue weighted by Crippen LogP contribution is -2.50. The molecule has 0 aliphatic carbocycles. The van der Waals surface area contributed by atoms with Crippen molar-refractivity contribution in [2.24, 2.45) is 0 Å². The fourth-order valence-corrected chi connectivity index (χ4v) is 4.25. The van der Waals surface area contributed by atoms with Crippen LogP contribution in [0.25, 0.3) is 0 Å². The molecule has 132 valence electrons. The number of amides is 1. The van der Waals surface area contributed by atoms with Crippen LogP contribution in [0.5, 0.6) is 5.75 Å². The van der Waals surface area contributed by atoms with Gasteiger partial charge in [-0.3, -0.25) is 9.78 Å². The Labute approximate surface area is 150 Å². The number of rotatable bonds is 3. The van der Waals surface area contributed by atoms with Crippen LogP contribution in [0.15, 0.2) is 29.9 Å². The van der Waals surface area contributed by atoms with Gasteiger partial charge in [0.05, 0.1) is 30.0 Å². The zero-order valence-corrected chi connectivity index (χ0v) is 15.0. The van der Waals surface area contributed by atoms with Crippen molar-refractivity contribution in [2.75, 3.05) is 19.7 Å². The monoisotopic (exact) mass is 359 g/mol. The minimum absolute atomic E-state index is 0.000712. The number of aryl methyl sites for hydroxylation is 1. The highest BCUT2D eigenvalue weighted by atomic mass is 32.1. The number of aromatic nitrogens is 2. The van der Waals surface area contributed by atoms with Crippen molar-refractivity contribution in [2.45, 2.75) is 37.9 Å². The number of ether oxygens (including phenoxy) is 2. The normalized spacial score (nSPS) is 26.1. The van der Waals surface area contributed by atoms with Crippen LogP contribution in [0.3, 0.4) is 0 Å². The van der Waals surface area contributed by atoms with Crippen LogP contribution in [-0.2, 0) is 4.74 Å². The lowest BCUT2D eigenvalue weighted by atomic mass is 9.89. The highest BCUT2D eigenvalue weighted by molar-refractivity contribution is 7.09. The number of nitrogens with zero attached hydrogens (tertiary/aromatic N) is 3. The van der Waals surface area contributed by atoms with Crippen LogP contribution in [0, 0.1) is 6.92 Å². The fraction of sp³-hybridized carbons (Fsp3) is 0.500. The molecule has 2 aliphatic rings. The third-order valence-electron chi connectivity index (χ3n) is 4.78. The largest absolute Gasteiger partial charge is 0.486 e. The maximum absolute atomic E-state index is 12.7.